The molecule has 11 N–H and O–H groups in total. The zero-order chi connectivity index (χ0) is 38.8. The highest BCUT2D eigenvalue weighted by Crippen LogP contribution is 2.41. The van der Waals surface area contributed by atoms with Gasteiger partial charge >= 0.3 is 17.3 Å². The Balaban J connectivity index is 1.14. The largest absolute Gasteiger partial charge is 0.508 e. The van der Waals surface area contributed by atoms with E-state index in [2.05, 4.69) is 0 Å². The van der Waals surface area contributed by atoms with Crippen molar-refractivity contribution < 1.29 is 89.1 Å². The Labute approximate surface area is 304 Å². The topological polar surface area (TPSA) is 297 Å². The molecule has 0 bridgehead atoms. The van der Waals surface area contributed by atoms with Gasteiger partial charge in [-0.2, -0.15) is 0 Å². The monoisotopic (exact) mass is 757 g/mol. The number of esters is 1. The van der Waals surface area contributed by atoms with Crippen LogP contribution in [0.1, 0.15) is 5.56 Å². The Bertz CT molecular complexity index is 1980. The number of hydrogen-bond donors (Lipinski definition) is 11. The first-order chi connectivity index (χ1) is 25.7. The maximum absolute atomic E-state index is 12.7. The van der Waals surface area contributed by atoms with E-state index in [0.717, 1.165) is 12.1 Å². The zero-order valence-electron chi connectivity index (χ0n) is 27.9. The Kier molecular flexibility index (Phi) is 11.4. The molecule has 0 radical (unpaired) electrons. The van der Waals surface area contributed by atoms with Gasteiger partial charge in [-0.05, 0) is 48.0 Å². The SMILES string of the molecule is O=C(/C=C/c1ccc(O)c(O[C@@H]2O[C@@H](CO)[C@@H](O)C(O)C2O)c1)OCC1O[C@@H](Oc2cc3c(O)cc(O)cc3[o+]c2-c2ccc(O)cc2)C(O)C(O)[C@@H]1O. The van der Waals surface area contributed by atoms with Gasteiger partial charge in [-0.25, -0.2) is 9.21 Å². The minimum Gasteiger partial charge on any atom is -0.508 e. The van der Waals surface area contributed by atoms with E-state index in [9.17, 15) is 61.0 Å². The first-order valence-corrected chi connectivity index (χ1v) is 16.4. The number of aliphatic hydroxyl groups excluding tert-OH is 7. The van der Waals surface area contributed by atoms with Crippen LogP contribution in [0.5, 0.6) is 34.5 Å². The quantitative estimate of drug-likeness (QED) is 0.0568. The number of rotatable bonds is 10. The van der Waals surface area contributed by atoms with Crippen molar-refractivity contribution in [2.75, 3.05) is 13.2 Å². The van der Waals surface area contributed by atoms with Crippen LogP contribution in [0.25, 0.3) is 28.4 Å². The summed E-state index contributed by atoms with van der Waals surface area (Å²) in [6.07, 6.45) is -14.2. The van der Waals surface area contributed by atoms with E-state index in [-0.39, 0.29) is 51.0 Å². The molecule has 2 saturated heterocycles. The summed E-state index contributed by atoms with van der Waals surface area (Å²) in [5, 5.41) is 112. The lowest BCUT2D eigenvalue weighted by Gasteiger charge is -2.39. The predicted molar refractivity (Wildman–Crippen MR) is 181 cm³/mol. The Morgan fingerprint density at radius 3 is 1.98 bits per heavy atom. The Morgan fingerprint density at radius 1 is 0.685 bits per heavy atom. The third-order valence-corrected chi connectivity index (χ3v) is 8.73. The first kappa shape index (κ1) is 38.4. The third kappa shape index (κ3) is 8.11. The maximum atomic E-state index is 12.7. The van der Waals surface area contributed by atoms with Crippen molar-refractivity contribution in [1.29, 1.82) is 0 Å². The van der Waals surface area contributed by atoms with E-state index in [4.69, 9.17) is 28.1 Å². The lowest BCUT2D eigenvalue weighted by atomic mass is 9.99. The summed E-state index contributed by atoms with van der Waals surface area (Å²) in [6, 6.07) is 13.2. The van der Waals surface area contributed by atoms with Gasteiger partial charge in [-0.3, -0.25) is 0 Å². The molecular weight excluding hydrogens is 720 g/mol. The van der Waals surface area contributed by atoms with Crippen LogP contribution in [0.2, 0.25) is 0 Å². The van der Waals surface area contributed by atoms with E-state index < -0.39 is 86.3 Å². The summed E-state index contributed by atoms with van der Waals surface area (Å²) < 4.78 is 33.6. The molecule has 2 aliphatic rings. The standard InChI is InChI=1S/C36H36O18/c37-13-25-28(43)30(45)32(47)35(53-25)51-23-9-15(1-7-20(23)40)2-8-27(42)49-14-26-29(44)31(46)33(48)36(54-26)52-24-12-19-21(41)10-18(39)11-22(19)50-34(24)16-3-5-17(38)6-4-16/h1-12,25-26,28-33,35-37,43-48H,13-14H2,(H3-,38,39,40,41,42)/p+1/t25-,26?,28+,29+,30?,31?,32?,33?,35+,36+/m0/s1. The Hall–Kier alpha value is -5.28. The second kappa shape index (κ2) is 16.0. The number of hydrogen-bond acceptors (Lipinski definition) is 17. The van der Waals surface area contributed by atoms with Crippen LogP contribution in [0.15, 0.2) is 71.2 Å². The second-order valence-corrected chi connectivity index (χ2v) is 12.5. The van der Waals surface area contributed by atoms with Crippen molar-refractivity contribution in [3.05, 3.63) is 72.3 Å². The molecular formula is C36H37O18+. The molecule has 0 spiro atoms. The van der Waals surface area contributed by atoms with Crippen LogP contribution in [0, 0.1) is 0 Å². The molecule has 18 nitrogen and oxygen atoms in total. The van der Waals surface area contributed by atoms with E-state index in [1.807, 2.05) is 0 Å². The number of phenols is 4. The van der Waals surface area contributed by atoms with E-state index in [1.165, 1.54) is 60.7 Å². The molecule has 0 saturated carbocycles. The van der Waals surface area contributed by atoms with Gasteiger partial charge in [0, 0.05) is 18.2 Å². The summed E-state index contributed by atoms with van der Waals surface area (Å²) >= 11 is 0. The van der Waals surface area contributed by atoms with E-state index in [1.54, 1.807) is 0 Å². The minimum absolute atomic E-state index is 0.00741. The molecule has 4 aromatic rings. The van der Waals surface area contributed by atoms with Crippen molar-refractivity contribution in [2.24, 2.45) is 0 Å². The van der Waals surface area contributed by atoms with Crippen LogP contribution in [-0.2, 0) is 19.0 Å². The van der Waals surface area contributed by atoms with Crippen LogP contribution in [0.4, 0.5) is 0 Å². The van der Waals surface area contributed by atoms with Crippen molar-refractivity contribution in [2.45, 2.75) is 61.4 Å². The number of aromatic hydroxyl groups is 4. The average molecular weight is 758 g/mol. The second-order valence-electron chi connectivity index (χ2n) is 12.5. The van der Waals surface area contributed by atoms with Gasteiger partial charge in [0.2, 0.25) is 18.3 Å². The fourth-order valence-electron chi connectivity index (χ4n) is 5.76. The molecule has 10 atom stereocenters. The number of carbonyl (C=O) groups excluding carboxylic acids is 1. The summed E-state index contributed by atoms with van der Waals surface area (Å²) in [6.45, 7) is -1.33. The van der Waals surface area contributed by atoms with Crippen molar-refractivity contribution in [3.63, 3.8) is 0 Å². The number of aliphatic hydroxyl groups is 7. The highest BCUT2D eigenvalue weighted by atomic mass is 16.7. The van der Waals surface area contributed by atoms with Crippen LogP contribution in [0.3, 0.4) is 0 Å². The van der Waals surface area contributed by atoms with E-state index >= 15 is 0 Å². The third-order valence-electron chi connectivity index (χ3n) is 8.73. The van der Waals surface area contributed by atoms with Crippen molar-refractivity contribution in [3.8, 4) is 45.8 Å². The molecule has 54 heavy (non-hydrogen) atoms. The number of phenolic OH excluding ortho intramolecular Hbond substituents is 4. The number of fused-ring (bicyclic) bond motifs is 1. The maximum Gasteiger partial charge on any atom is 0.402 e. The number of carbonyl (C=O) groups is 1. The fourth-order valence-corrected chi connectivity index (χ4v) is 5.76. The molecule has 18 heteroatoms. The molecule has 3 aromatic carbocycles. The molecule has 5 unspecified atom stereocenters. The predicted octanol–water partition coefficient (Wildman–Crippen LogP) is -0.175. The van der Waals surface area contributed by atoms with Gasteiger partial charge in [0.25, 0.3) is 0 Å². The first-order valence-electron chi connectivity index (χ1n) is 16.4. The molecule has 6 rings (SSSR count). The van der Waals surface area contributed by atoms with Crippen LogP contribution in [-0.4, -0.2) is 137 Å². The highest BCUT2D eigenvalue weighted by molar-refractivity contribution is 5.88. The molecule has 0 aliphatic carbocycles. The Morgan fingerprint density at radius 2 is 1.31 bits per heavy atom. The molecule has 2 aliphatic heterocycles. The number of benzene rings is 3. The highest BCUT2D eigenvalue weighted by Gasteiger charge is 2.47. The smallest absolute Gasteiger partial charge is 0.402 e. The van der Waals surface area contributed by atoms with Gasteiger partial charge in [0.15, 0.2) is 11.5 Å². The van der Waals surface area contributed by atoms with Crippen LogP contribution < -0.4 is 9.47 Å². The zero-order valence-corrected chi connectivity index (χ0v) is 27.9. The number of ether oxygens (including phenoxy) is 5. The molecule has 2 fully saturated rings. The fraction of sp³-hybridized carbons (Fsp3) is 0.333. The average Bonchev–Trinajstić information content (AvgIpc) is 3.15. The minimum atomic E-state index is -1.85. The van der Waals surface area contributed by atoms with Crippen LogP contribution >= 0.6 is 0 Å². The summed E-state index contributed by atoms with van der Waals surface area (Å²) in [5.41, 5.74) is 0.680. The van der Waals surface area contributed by atoms with E-state index in [0.29, 0.717) is 5.56 Å². The summed E-state index contributed by atoms with van der Waals surface area (Å²) in [5.74, 6) is -2.43. The molecule has 1 aromatic heterocycles. The summed E-state index contributed by atoms with van der Waals surface area (Å²) in [7, 11) is 0. The lowest BCUT2D eigenvalue weighted by molar-refractivity contribution is -0.278. The van der Waals surface area contributed by atoms with Crippen molar-refractivity contribution >= 4 is 23.0 Å². The molecule has 288 valence electrons. The molecule has 3 heterocycles. The van der Waals surface area contributed by atoms with Gasteiger partial charge in [-0.1, -0.05) is 6.07 Å². The van der Waals surface area contributed by atoms with Gasteiger partial charge < -0.3 is 79.9 Å². The van der Waals surface area contributed by atoms with Crippen molar-refractivity contribution in [1.82, 2.24) is 0 Å². The lowest BCUT2D eigenvalue weighted by Crippen LogP contribution is -2.60. The van der Waals surface area contributed by atoms with Gasteiger partial charge in [0.1, 0.15) is 78.1 Å². The van der Waals surface area contributed by atoms with Gasteiger partial charge in [-0.15, -0.1) is 0 Å². The molecule has 0 amide bonds. The summed E-state index contributed by atoms with van der Waals surface area (Å²) in [4.78, 5) is 12.7. The van der Waals surface area contributed by atoms with Gasteiger partial charge in [0.05, 0.1) is 18.2 Å². The normalized spacial score (nSPS) is 28.6.